The average molecular weight is 439 g/mol. The van der Waals surface area contributed by atoms with Gasteiger partial charge in [0.2, 0.25) is 0 Å². The normalized spacial score (nSPS) is 20.7. The molecule has 1 amide bonds. The van der Waals surface area contributed by atoms with Crippen molar-refractivity contribution in [1.29, 1.82) is 0 Å². The smallest absolute Gasteiger partial charge is 0.274 e. The Hall–Kier alpha value is -3.22. The molecule has 0 aliphatic heterocycles. The van der Waals surface area contributed by atoms with Gasteiger partial charge < -0.3 is 5.32 Å². The van der Waals surface area contributed by atoms with E-state index in [-0.39, 0.29) is 11.6 Å². The number of nitrogens with zero attached hydrogens (tertiary/aromatic N) is 2. The Balaban J connectivity index is 1.64. The van der Waals surface area contributed by atoms with E-state index in [2.05, 4.69) is 29.1 Å². The number of halogens is 3. The van der Waals surface area contributed by atoms with Crippen molar-refractivity contribution < 1.29 is 18.0 Å². The van der Waals surface area contributed by atoms with Gasteiger partial charge in [0.05, 0.1) is 17.4 Å². The minimum Gasteiger partial charge on any atom is -0.319 e. The Morgan fingerprint density at radius 2 is 1.62 bits per heavy atom. The summed E-state index contributed by atoms with van der Waals surface area (Å²) in [5.74, 6) is -1.98. The fourth-order valence-corrected chi connectivity index (χ4v) is 4.72. The van der Waals surface area contributed by atoms with Crippen LogP contribution in [0.25, 0.3) is 11.3 Å². The topological polar surface area (TPSA) is 54.9 Å². The first-order chi connectivity index (χ1) is 15.3. The van der Waals surface area contributed by atoms with Gasteiger partial charge in [-0.2, -0.15) is 0 Å². The average Bonchev–Trinajstić information content (AvgIpc) is 2.74. The summed E-state index contributed by atoms with van der Waals surface area (Å²) in [5.41, 5.74) is 0.258. The lowest BCUT2D eigenvalue weighted by Gasteiger charge is -2.32. The number of hydrogen-bond donors (Lipinski definition) is 1. The van der Waals surface area contributed by atoms with Crippen molar-refractivity contribution in [1.82, 2.24) is 9.97 Å². The van der Waals surface area contributed by atoms with E-state index >= 15 is 0 Å². The highest BCUT2D eigenvalue weighted by Crippen LogP contribution is 2.41. The zero-order chi connectivity index (χ0) is 22.8. The number of nitrogens with one attached hydrogen (secondary N) is 1. The van der Waals surface area contributed by atoms with E-state index in [9.17, 15) is 18.0 Å². The Bertz CT molecular complexity index is 1120. The maximum absolute atomic E-state index is 14.3. The molecule has 1 aromatic carbocycles. The van der Waals surface area contributed by atoms with E-state index in [1.807, 2.05) is 6.07 Å². The lowest BCUT2D eigenvalue weighted by Crippen LogP contribution is -2.21. The molecular weight excluding hydrogens is 415 g/mol. The number of amides is 1. The molecule has 32 heavy (non-hydrogen) atoms. The molecule has 2 heterocycles. The van der Waals surface area contributed by atoms with Crippen LogP contribution in [0, 0.1) is 29.3 Å². The molecule has 166 valence electrons. The van der Waals surface area contributed by atoms with E-state index in [1.54, 1.807) is 12.4 Å². The Morgan fingerprint density at radius 1 is 0.938 bits per heavy atom. The number of aromatic nitrogens is 2. The fraction of sp³-hybridized carbons (Fsp3) is 0.320. The van der Waals surface area contributed by atoms with Gasteiger partial charge in [0, 0.05) is 6.20 Å². The van der Waals surface area contributed by atoms with Crippen LogP contribution in [-0.4, -0.2) is 15.9 Å². The van der Waals surface area contributed by atoms with Crippen molar-refractivity contribution in [3.8, 4) is 11.3 Å². The minimum absolute atomic E-state index is 0.149. The van der Waals surface area contributed by atoms with Crippen LogP contribution in [0.2, 0.25) is 0 Å². The highest BCUT2D eigenvalue weighted by molar-refractivity contribution is 6.03. The van der Waals surface area contributed by atoms with E-state index in [0.29, 0.717) is 17.5 Å². The number of carbonyl (C=O) groups is 1. The number of pyridine rings is 2. The van der Waals surface area contributed by atoms with Crippen LogP contribution in [0.3, 0.4) is 0 Å². The van der Waals surface area contributed by atoms with Crippen molar-refractivity contribution in [2.45, 2.75) is 39.0 Å². The molecular formula is C25H24F3N3O. The van der Waals surface area contributed by atoms with E-state index < -0.39 is 34.6 Å². The lowest BCUT2D eigenvalue weighted by molar-refractivity contribution is 0.102. The Labute approximate surface area is 184 Å². The van der Waals surface area contributed by atoms with E-state index in [1.165, 1.54) is 18.6 Å². The van der Waals surface area contributed by atoms with Gasteiger partial charge in [-0.1, -0.05) is 19.9 Å². The van der Waals surface area contributed by atoms with Gasteiger partial charge in [-0.3, -0.25) is 9.78 Å². The Kier molecular flexibility index (Phi) is 6.26. The monoisotopic (exact) mass is 439 g/mol. The van der Waals surface area contributed by atoms with Crippen LogP contribution in [0.1, 0.15) is 55.1 Å². The minimum atomic E-state index is -0.955. The summed E-state index contributed by atoms with van der Waals surface area (Å²) in [6.07, 6.45) is 6.49. The number of rotatable bonds is 4. The molecule has 1 aliphatic rings. The highest BCUT2D eigenvalue weighted by Gasteiger charge is 2.27. The summed E-state index contributed by atoms with van der Waals surface area (Å²) >= 11 is 0. The molecule has 1 fully saturated rings. The summed E-state index contributed by atoms with van der Waals surface area (Å²) < 4.78 is 42.7. The quantitative estimate of drug-likeness (QED) is 0.515. The first-order valence-electron chi connectivity index (χ1n) is 10.7. The van der Waals surface area contributed by atoms with E-state index in [0.717, 1.165) is 36.6 Å². The van der Waals surface area contributed by atoms with Gasteiger partial charge in [0.25, 0.3) is 5.91 Å². The zero-order valence-electron chi connectivity index (χ0n) is 17.9. The largest absolute Gasteiger partial charge is 0.319 e. The maximum atomic E-state index is 14.3. The summed E-state index contributed by atoms with van der Waals surface area (Å²) in [7, 11) is 0. The molecule has 0 radical (unpaired) electrons. The molecule has 0 unspecified atom stereocenters. The second kappa shape index (κ2) is 9.10. The van der Waals surface area contributed by atoms with Gasteiger partial charge in [-0.15, -0.1) is 0 Å². The number of benzene rings is 1. The molecule has 0 bridgehead atoms. The fourth-order valence-electron chi connectivity index (χ4n) is 4.72. The van der Waals surface area contributed by atoms with Crippen LogP contribution in [0.4, 0.5) is 18.9 Å². The first-order valence-corrected chi connectivity index (χ1v) is 10.7. The third-order valence-corrected chi connectivity index (χ3v) is 6.00. The number of carbonyl (C=O) groups excluding carboxylic acids is 1. The zero-order valence-corrected chi connectivity index (χ0v) is 17.9. The highest BCUT2D eigenvalue weighted by atomic mass is 19.1. The Morgan fingerprint density at radius 3 is 2.31 bits per heavy atom. The molecule has 0 saturated heterocycles. The maximum Gasteiger partial charge on any atom is 0.274 e. The van der Waals surface area contributed by atoms with Crippen molar-refractivity contribution >= 4 is 11.6 Å². The van der Waals surface area contributed by atoms with Gasteiger partial charge in [-0.25, -0.2) is 18.2 Å². The van der Waals surface area contributed by atoms with E-state index in [4.69, 9.17) is 0 Å². The van der Waals surface area contributed by atoms with Gasteiger partial charge in [-0.05, 0) is 72.9 Å². The molecule has 7 heteroatoms. The predicted molar refractivity (Wildman–Crippen MR) is 117 cm³/mol. The molecule has 3 atom stereocenters. The molecule has 3 aromatic rings. The van der Waals surface area contributed by atoms with Crippen LogP contribution >= 0.6 is 0 Å². The summed E-state index contributed by atoms with van der Waals surface area (Å²) in [5, 5.41) is 2.81. The first kappa shape index (κ1) is 22.0. The molecule has 2 aromatic heterocycles. The van der Waals surface area contributed by atoms with Gasteiger partial charge in [0.1, 0.15) is 28.8 Å². The van der Waals surface area contributed by atoms with Crippen LogP contribution in [-0.2, 0) is 0 Å². The SMILES string of the molecule is C[C@@H]1C[C@H](C)C[C@H](c2ccncc2NC(=O)c2ccc(F)c(-c3c(F)cccc3F)n2)C1. The number of hydrogen-bond acceptors (Lipinski definition) is 3. The summed E-state index contributed by atoms with van der Waals surface area (Å²) in [6, 6.07) is 7.29. The van der Waals surface area contributed by atoms with Crippen molar-refractivity contribution in [2.24, 2.45) is 11.8 Å². The third kappa shape index (κ3) is 4.52. The summed E-state index contributed by atoms with van der Waals surface area (Å²) in [6.45, 7) is 4.46. The molecule has 1 N–H and O–H groups in total. The van der Waals surface area contributed by atoms with Crippen molar-refractivity contribution in [3.05, 3.63) is 77.5 Å². The molecule has 4 rings (SSSR count). The predicted octanol–water partition coefficient (Wildman–Crippen LogP) is 6.35. The van der Waals surface area contributed by atoms with Crippen molar-refractivity contribution in [2.75, 3.05) is 5.32 Å². The third-order valence-electron chi connectivity index (χ3n) is 6.00. The summed E-state index contributed by atoms with van der Waals surface area (Å²) in [4.78, 5) is 21.0. The second-order valence-electron chi connectivity index (χ2n) is 8.66. The van der Waals surface area contributed by atoms with Crippen LogP contribution < -0.4 is 5.32 Å². The number of anilines is 1. The lowest BCUT2D eigenvalue weighted by atomic mass is 9.74. The molecule has 4 nitrogen and oxygen atoms in total. The van der Waals surface area contributed by atoms with Crippen LogP contribution in [0.15, 0.2) is 48.8 Å². The molecule has 0 spiro atoms. The molecule has 1 aliphatic carbocycles. The molecule has 1 saturated carbocycles. The van der Waals surface area contributed by atoms with Gasteiger partial charge >= 0.3 is 0 Å². The van der Waals surface area contributed by atoms with Crippen LogP contribution in [0.5, 0.6) is 0 Å². The standard InChI is InChI=1S/C25H24F3N3O/c1-14-10-15(2)12-16(11-14)17-8-9-29-13-22(17)31-25(32)21-7-6-20(28)24(30-21)23-18(26)4-3-5-19(23)27/h3-9,13-16H,10-12H2,1-2H3,(H,31,32)/t14-,15+,16-. The van der Waals surface area contributed by atoms with Gasteiger partial charge in [0.15, 0.2) is 0 Å². The second-order valence-corrected chi connectivity index (χ2v) is 8.66. The van der Waals surface area contributed by atoms with Crippen molar-refractivity contribution in [3.63, 3.8) is 0 Å².